The molecule has 2 aromatic rings. The second-order valence-electron chi connectivity index (χ2n) is 36.9. The molecule has 0 spiro atoms. The summed E-state index contributed by atoms with van der Waals surface area (Å²) in [5, 5.41) is 0. The molecule has 119 heavy (non-hydrogen) atoms. The summed E-state index contributed by atoms with van der Waals surface area (Å²) < 4.78 is 46.7. The lowest BCUT2D eigenvalue weighted by molar-refractivity contribution is 0.0395. The Morgan fingerprint density at radius 2 is 0.269 bits per heavy atom. The van der Waals surface area contributed by atoms with E-state index in [1.54, 1.807) is 24.3 Å². The number of carbonyl (C=O) groups is 2. The van der Waals surface area contributed by atoms with E-state index in [4.69, 9.17) is 33.2 Å². The molecule has 0 saturated carbocycles. The molecule has 0 radical (unpaired) electrons. The standard InChI is InChI=1S/C110H202O9/c1-7-13-19-25-31-37-43-49-55-61-67-73-79-85-91-113-103-97-101(98-104(114-92-86-80-74-68-62-56-50-44-38-32-26-20-14-8-2)107(103)117-95-89-83-77-71-65-59-53-47-41-35-29-23-17-11-5)109(111)119-110(112)102-99-105(115-93-87-81-75-69-63-57-51-45-39-33-27-21-15-9-3)108(118-96-90-84-78-72-66-60-54-48-42-36-30-24-18-12-6)106(100-102)116-94-88-82-76-70-64-58-52-46-40-34-28-22-16-10-4/h97-100H,7-96H2,1-6H3. The van der Waals surface area contributed by atoms with Crippen LogP contribution in [0.5, 0.6) is 34.5 Å². The molecule has 0 aromatic heterocycles. The van der Waals surface area contributed by atoms with E-state index in [2.05, 4.69) is 41.5 Å². The highest BCUT2D eigenvalue weighted by Crippen LogP contribution is 2.42. The minimum atomic E-state index is -0.760. The van der Waals surface area contributed by atoms with E-state index in [0.29, 0.717) is 74.1 Å². The second kappa shape index (κ2) is 90.6. The second-order valence-corrected chi connectivity index (χ2v) is 36.9. The Kier molecular flexibility index (Phi) is 84.9. The molecule has 0 heterocycles. The first-order valence-corrected chi connectivity index (χ1v) is 53.8. The lowest BCUT2D eigenvalue weighted by atomic mass is 10.0. The molecule has 0 aliphatic rings. The number of carbonyl (C=O) groups excluding carboxylic acids is 2. The summed E-state index contributed by atoms with van der Waals surface area (Å²) in [6, 6.07) is 6.96. The molecule has 2 rings (SSSR count). The summed E-state index contributed by atoms with van der Waals surface area (Å²) in [5.41, 5.74) is 0.400. The van der Waals surface area contributed by atoms with Gasteiger partial charge in [0.05, 0.1) is 50.8 Å². The van der Waals surface area contributed by atoms with Crippen molar-refractivity contribution in [2.24, 2.45) is 0 Å². The van der Waals surface area contributed by atoms with Crippen molar-refractivity contribution in [1.82, 2.24) is 0 Å². The van der Waals surface area contributed by atoms with Crippen LogP contribution in [0, 0.1) is 0 Å². The van der Waals surface area contributed by atoms with E-state index in [0.717, 1.165) is 77.0 Å². The van der Waals surface area contributed by atoms with Crippen molar-refractivity contribution in [1.29, 1.82) is 0 Å². The van der Waals surface area contributed by atoms with Gasteiger partial charge in [-0.2, -0.15) is 0 Å². The van der Waals surface area contributed by atoms with Crippen molar-refractivity contribution >= 4 is 11.9 Å². The number of unbranched alkanes of at least 4 members (excludes halogenated alkanes) is 78. The molecule has 0 saturated heterocycles. The van der Waals surface area contributed by atoms with Crippen LogP contribution >= 0.6 is 0 Å². The van der Waals surface area contributed by atoms with Crippen molar-refractivity contribution in [3.63, 3.8) is 0 Å². The first kappa shape index (κ1) is 111. The van der Waals surface area contributed by atoms with Crippen LogP contribution in [0.2, 0.25) is 0 Å². The van der Waals surface area contributed by atoms with E-state index in [-0.39, 0.29) is 11.1 Å². The lowest BCUT2D eigenvalue weighted by Crippen LogP contribution is -2.15. The maximum atomic E-state index is 15.0. The molecule has 2 aromatic carbocycles. The van der Waals surface area contributed by atoms with Gasteiger partial charge in [-0.15, -0.1) is 0 Å². The zero-order valence-electron chi connectivity index (χ0n) is 80.6. The molecule has 0 aliphatic carbocycles. The predicted molar refractivity (Wildman–Crippen MR) is 517 cm³/mol. The summed E-state index contributed by atoms with van der Waals surface area (Å²) in [6.07, 6.45) is 108. The molecule has 696 valence electrons. The fourth-order valence-electron chi connectivity index (χ4n) is 17.2. The Labute approximate surface area is 740 Å². The summed E-state index contributed by atoms with van der Waals surface area (Å²) in [6.45, 7) is 16.8. The van der Waals surface area contributed by atoms with Gasteiger partial charge in [-0.25, -0.2) is 9.59 Å². The molecule has 9 heteroatoms. The Morgan fingerprint density at radius 1 is 0.160 bits per heavy atom. The van der Waals surface area contributed by atoms with Crippen molar-refractivity contribution in [2.45, 2.75) is 581 Å². The fourth-order valence-corrected chi connectivity index (χ4v) is 17.2. The summed E-state index contributed by atoms with van der Waals surface area (Å²) in [4.78, 5) is 29.9. The highest BCUT2D eigenvalue weighted by Gasteiger charge is 2.26. The normalized spacial score (nSPS) is 11.5. The number of ether oxygens (including phenoxy) is 7. The smallest absolute Gasteiger partial charge is 0.346 e. The van der Waals surface area contributed by atoms with E-state index >= 15 is 0 Å². The average molecular weight is 1670 g/mol. The van der Waals surface area contributed by atoms with E-state index in [9.17, 15) is 9.59 Å². The van der Waals surface area contributed by atoms with Crippen molar-refractivity contribution in [3.8, 4) is 34.5 Å². The van der Waals surface area contributed by atoms with Gasteiger partial charge in [-0.05, 0) is 62.8 Å². The molecule has 0 fully saturated rings. The molecule has 9 nitrogen and oxygen atoms in total. The first-order valence-electron chi connectivity index (χ1n) is 53.8. The van der Waals surface area contributed by atoms with Gasteiger partial charge in [0.1, 0.15) is 0 Å². The van der Waals surface area contributed by atoms with E-state index in [1.165, 1.54) is 462 Å². The Morgan fingerprint density at radius 3 is 0.395 bits per heavy atom. The third-order valence-electron chi connectivity index (χ3n) is 25.2. The fraction of sp³-hybridized carbons (Fsp3) is 0.873. The Bertz CT molecular complexity index is 2150. The zero-order valence-corrected chi connectivity index (χ0v) is 80.6. The van der Waals surface area contributed by atoms with E-state index in [1.807, 2.05) is 0 Å². The van der Waals surface area contributed by atoms with Crippen molar-refractivity contribution < 1.29 is 42.7 Å². The largest absolute Gasteiger partial charge is 0.490 e. The highest BCUT2D eigenvalue weighted by atomic mass is 16.6. The van der Waals surface area contributed by atoms with Crippen LogP contribution in [0.15, 0.2) is 24.3 Å². The number of benzene rings is 2. The molecule has 0 bridgehead atoms. The Hall–Kier alpha value is -3.62. The molecule has 0 amide bonds. The lowest BCUT2D eigenvalue weighted by Gasteiger charge is -2.19. The topological polar surface area (TPSA) is 98.8 Å². The number of hydrogen-bond acceptors (Lipinski definition) is 9. The maximum Gasteiger partial charge on any atom is 0.346 e. The molecule has 0 aliphatic heterocycles. The predicted octanol–water partition coefficient (Wildman–Crippen LogP) is 37.8. The summed E-state index contributed by atoms with van der Waals surface area (Å²) >= 11 is 0. The van der Waals surface area contributed by atoms with Gasteiger partial charge < -0.3 is 33.2 Å². The van der Waals surface area contributed by atoms with E-state index < -0.39 is 11.9 Å². The molecule has 0 unspecified atom stereocenters. The van der Waals surface area contributed by atoms with Crippen LogP contribution in [-0.2, 0) is 4.74 Å². The minimum absolute atomic E-state index is 0.200. The van der Waals surface area contributed by atoms with Crippen LogP contribution < -0.4 is 28.4 Å². The maximum absolute atomic E-state index is 15.0. The molecular weight excluding hydrogens is 1470 g/mol. The minimum Gasteiger partial charge on any atom is -0.490 e. The van der Waals surface area contributed by atoms with Gasteiger partial charge in [-0.3, -0.25) is 0 Å². The van der Waals surface area contributed by atoms with Crippen LogP contribution in [-0.4, -0.2) is 51.6 Å². The molecular formula is C110H202O9. The number of hydrogen-bond donors (Lipinski definition) is 0. The molecule has 0 N–H and O–H groups in total. The number of esters is 2. The third-order valence-corrected chi connectivity index (χ3v) is 25.2. The van der Waals surface area contributed by atoms with Gasteiger partial charge in [0.2, 0.25) is 11.5 Å². The zero-order chi connectivity index (χ0) is 85.2. The van der Waals surface area contributed by atoms with Gasteiger partial charge in [0.25, 0.3) is 0 Å². The van der Waals surface area contributed by atoms with Crippen LogP contribution in [0.3, 0.4) is 0 Å². The highest BCUT2D eigenvalue weighted by molar-refractivity contribution is 6.03. The van der Waals surface area contributed by atoms with Crippen LogP contribution in [0.1, 0.15) is 602 Å². The quantitative estimate of drug-likeness (QED) is 0.0364. The number of rotatable bonds is 98. The van der Waals surface area contributed by atoms with Crippen molar-refractivity contribution in [2.75, 3.05) is 39.6 Å². The van der Waals surface area contributed by atoms with Crippen LogP contribution in [0.4, 0.5) is 0 Å². The van der Waals surface area contributed by atoms with Gasteiger partial charge >= 0.3 is 11.9 Å². The molecule has 0 atom stereocenters. The van der Waals surface area contributed by atoms with Gasteiger partial charge in [0.15, 0.2) is 23.0 Å². The van der Waals surface area contributed by atoms with Gasteiger partial charge in [-0.1, -0.05) is 542 Å². The SMILES string of the molecule is CCCCCCCCCCCCCCCCOc1cc(C(=O)OC(=O)c2cc(OCCCCCCCCCCCCCCCC)c(OCCCCCCCCCCCCCCCC)c(OCCCCCCCCCCCCCCCC)c2)cc(OCCCCCCCCCCCCCCCC)c1OCCCCCCCCCCCCCCCC. The monoisotopic (exact) mass is 1670 g/mol. The summed E-state index contributed by atoms with van der Waals surface area (Å²) in [5.74, 6) is 1.47. The first-order chi connectivity index (χ1) is 58.9. The van der Waals surface area contributed by atoms with Crippen molar-refractivity contribution in [3.05, 3.63) is 35.4 Å². The average Bonchev–Trinajstić information content (AvgIpc) is 0.809. The summed E-state index contributed by atoms with van der Waals surface area (Å²) in [7, 11) is 0. The van der Waals surface area contributed by atoms with Crippen LogP contribution in [0.25, 0.3) is 0 Å². The van der Waals surface area contributed by atoms with Gasteiger partial charge in [0, 0.05) is 0 Å². The Balaban J connectivity index is 2.50. The third kappa shape index (κ3) is 71.3.